The van der Waals surface area contributed by atoms with E-state index in [0.29, 0.717) is 30.9 Å². The van der Waals surface area contributed by atoms with Gasteiger partial charge in [-0.15, -0.1) is 11.3 Å². The molecule has 4 rings (SSSR count). The maximum Gasteiger partial charge on any atom is 0.258 e. The van der Waals surface area contributed by atoms with Gasteiger partial charge in [0.1, 0.15) is 5.65 Å². The number of thiophene rings is 1. The summed E-state index contributed by atoms with van der Waals surface area (Å²) in [7, 11) is -2.98. The predicted molar refractivity (Wildman–Crippen MR) is 107 cm³/mol. The Balaban J connectivity index is 1.65. The lowest BCUT2D eigenvalue weighted by molar-refractivity contribution is 0.194. The number of rotatable bonds is 5. The van der Waals surface area contributed by atoms with Crippen molar-refractivity contribution in [2.45, 2.75) is 32.5 Å². The molecule has 3 aromatic rings. The van der Waals surface area contributed by atoms with Crippen molar-refractivity contribution in [3.63, 3.8) is 0 Å². The first kappa shape index (κ1) is 18.3. The summed E-state index contributed by atoms with van der Waals surface area (Å²) in [6, 6.07) is 9.31. The Labute approximate surface area is 162 Å². The van der Waals surface area contributed by atoms with Crippen LogP contribution in [-0.4, -0.2) is 40.2 Å². The average molecular weight is 404 g/mol. The van der Waals surface area contributed by atoms with Crippen molar-refractivity contribution in [2.24, 2.45) is 0 Å². The van der Waals surface area contributed by atoms with Crippen molar-refractivity contribution in [3.05, 3.63) is 68.4 Å². The zero-order valence-electron chi connectivity index (χ0n) is 15.0. The molecule has 8 heteroatoms. The van der Waals surface area contributed by atoms with Crippen molar-refractivity contribution in [2.75, 3.05) is 11.5 Å². The molecule has 1 saturated heterocycles. The topological polar surface area (TPSA) is 71.8 Å². The number of pyridine rings is 1. The molecule has 27 heavy (non-hydrogen) atoms. The van der Waals surface area contributed by atoms with Gasteiger partial charge in [-0.1, -0.05) is 12.1 Å². The maximum atomic E-state index is 12.5. The fourth-order valence-electron chi connectivity index (χ4n) is 3.53. The van der Waals surface area contributed by atoms with E-state index in [2.05, 4.69) is 9.88 Å². The first-order valence-electron chi connectivity index (χ1n) is 8.85. The molecule has 1 aliphatic rings. The molecule has 1 fully saturated rings. The molecule has 0 saturated carbocycles. The molecule has 0 radical (unpaired) electrons. The molecule has 0 amide bonds. The van der Waals surface area contributed by atoms with Gasteiger partial charge in [-0.05, 0) is 36.4 Å². The molecule has 4 heterocycles. The molecule has 0 aromatic carbocycles. The lowest BCUT2D eigenvalue weighted by atomic mass is 10.2. The van der Waals surface area contributed by atoms with Gasteiger partial charge in [0.25, 0.3) is 5.56 Å². The largest absolute Gasteiger partial charge is 0.288 e. The summed E-state index contributed by atoms with van der Waals surface area (Å²) >= 11 is 1.65. The lowest BCUT2D eigenvalue weighted by Gasteiger charge is -2.27. The molecule has 0 bridgehead atoms. The van der Waals surface area contributed by atoms with Crippen LogP contribution < -0.4 is 5.56 Å². The van der Waals surface area contributed by atoms with Gasteiger partial charge in [0.2, 0.25) is 0 Å². The number of fused-ring (bicyclic) bond motifs is 1. The normalized spacial score (nSPS) is 19.1. The Morgan fingerprint density at radius 3 is 2.85 bits per heavy atom. The number of aryl methyl sites for hydroxylation is 1. The van der Waals surface area contributed by atoms with E-state index >= 15 is 0 Å². The van der Waals surface area contributed by atoms with E-state index in [1.54, 1.807) is 28.0 Å². The van der Waals surface area contributed by atoms with E-state index < -0.39 is 9.84 Å². The monoisotopic (exact) mass is 403 g/mol. The van der Waals surface area contributed by atoms with E-state index in [4.69, 9.17) is 0 Å². The first-order chi connectivity index (χ1) is 12.9. The highest BCUT2D eigenvalue weighted by Crippen LogP contribution is 2.23. The molecule has 6 nitrogen and oxygen atoms in total. The highest BCUT2D eigenvalue weighted by atomic mass is 32.2. The third-order valence-electron chi connectivity index (χ3n) is 4.89. The highest BCUT2D eigenvalue weighted by Gasteiger charge is 2.32. The zero-order chi connectivity index (χ0) is 19.0. The minimum Gasteiger partial charge on any atom is -0.288 e. The van der Waals surface area contributed by atoms with Gasteiger partial charge in [0, 0.05) is 36.3 Å². The number of sulfone groups is 1. The van der Waals surface area contributed by atoms with Crippen LogP contribution >= 0.6 is 11.3 Å². The second kappa shape index (κ2) is 7.18. The van der Waals surface area contributed by atoms with Gasteiger partial charge < -0.3 is 0 Å². The van der Waals surface area contributed by atoms with Crippen LogP contribution in [0.4, 0.5) is 0 Å². The van der Waals surface area contributed by atoms with Crippen molar-refractivity contribution in [1.82, 2.24) is 14.3 Å². The summed E-state index contributed by atoms with van der Waals surface area (Å²) in [5.74, 6) is 0.399. The summed E-state index contributed by atoms with van der Waals surface area (Å²) in [6.45, 7) is 3.05. The smallest absolute Gasteiger partial charge is 0.258 e. The number of hydrogen-bond donors (Lipinski definition) is 0. The minimum atomic E-state index is -2.98. The Bertz CT molecular complexity index is 1120. The molecule has 142 valence electrons. The van der Waals surface area contributed by atoms with Gasteiger partial charge in [-0.2, -0.15) is 0 Å². The van der Waals surface area contributed by atoms with Gasteiger partial charge in [-0.3, -0.25) is 14.1 Å². The Hall–Kier alpha value is -2.03. The van der Waals surface area contributed by atoms with E-state index in [0.717, 1.165) is 5.56 Å². The van der Waals surface area contributed by atoms with E-state index in [1.165, 1.54) is 4.88 Å². The van der Waals surface area contributed by atoms with Gasteiger partial charge in [0.05, 0.1) is 17.2 Å². The van der Waals surface area contributed by atoms with Crippen LogP contribution in [0.25, 0.3) is 5.65 Å². The highest BCUT2D eigenvalue weighted by molar-refractivity contribution is 7.91. The van der Waals surface area contributed by atoms with E-state index in [-0.39, 0.29) is 23.1 Å². The summed E-state index contributed by atoms with van der Waals surface area (Å²) < 4.78 is 25.5. The molecule has 0 N–H and O–H groups in total. The quantitative estimate of drug-likeness (QED) is 0.653. The van der Waals surface area contributed by atoms with Crippen molar-refractivity contribution < 1.29 is 8.42 Å². The van der Waals surface area contributed by atoms with Crippen LogP contribution in [-0.2, 0) is 22.9 Å². The predicted octanol–water partition coefficient (Wildman–Crippen LogP) is 2.25. The summed E-state index contributed by atoms with van der Waals surface area (Å²) in [5, 5.41) is 2.02. The summed E-state index contributed by atoms with van der Waals surface area (Å²) in [4.78, 5) is 20.4. The first-order valence-corrected chi connectivity index (χ1v) is 11.6. The fourth-order valence-corrected chi connectivity index (χ4v) is 6.02. The van der Waals surface area contributed by atoms with Crippen LogP contribution in [0.5, 0.6) is 0 Å². The lowest BCUT2D eigenvalue weighted by Crippen LogP contribution is -2.35. The van der Waals surface area contributed by atoms with Crippen LogP contribution in [0.3, 0.4) is 0 Å². The Morgan fingerprint density at radius 1 is 1.30 bits per heavy atom. The minimum absolute atomic E-state index is 0.0460. The molecule has 1 aliphatic heterocycles. The molecular weight excluding hydrogens is 382 g/mol. The van der Waals surface area contributed by atoms with Crippen LogP contribution in [0, 0.1) is 6.92 Å². The summed E-state index contributed by atoms with van der Waals surface area (Å²) in [5.41, 5.74) is 2.16. The molecule has 0 spiro atoms. The average Bonchev–Trinajstić information content (AvgIpc) is 3.24. The third kappa shape index (κ3) is 4.12. The van der Waals surface area contributed by atoms with Crippen molar-refractivity contribution >= 4 is 26.8 Å². The van der Waals surface area contributed by atoms with E-state index in [1.807, 2.05) is 36.6 Å². The molecule has 0 aliphatic carbocycles. The second-order valence-electron chi connectivity index (χ2n) is 7.06. The number of hydrogen-bond acceptors (Lipinski definition) is 6. The molecule has 3 aromatic heterocycles. The van der Waals surface area contributed by atoms with Crippen molar-refractivity contribution in [1.29, 1.82) is 0 Å². The maximum absolute atomic E-state index is 12.5. The molecule has 1 atom stereocenters. The Morgan fingerprint density at radius 2 is 2.15 bits per heavy atom. The molecule has 1 unspecified atom stereocenters. The van der Waals surface area contributed by atoms with Crippen LogP contribution in [0.2, 0.25) is 0 Å². The third-order valence-corrected chi connectivity index (χ3v) is 7.50. The fraction of sp³-hybridized carbons (Fsp3) is 0.368. The summed E-state index contributed by atoms with van der Waals surface area (Å²) in [6.07, 6.45) is 2.40. The Kier molecular flexibility index (Phi) is 4.88. The standard InChI is InChI=1S/C19H21N3O3S2/c1-14-4-5-18-20-15(9-19(23)22(18)10-14)11-21(12-17-3-2-7-26-17)16-6-8-27(24,25)13-16/h2-5,7,9-10,16H,6,8,11-13H2,1H3. The van der Waals surface area contributed by atoms with E-state index in [9.17, 15) is 13.2 Å². The van der Waals surface area contributed by atoms with Crippen LogP contribution in [0.15, 0.2) is 46.7 Å². The van der Waals surface area contributed by atoms with Gasteiger partial charge >= 0.3 is 0 Å². The van der Waals surface area contributed by atoms with Gasteiger partial charge in [0.15, 0.2) is 9.84 Å². The van der Waals surface area contributed by atoms with Gasteiger partial charge in [-0.25, -0.2) is 13.4 Å². The molecular formula is C19H21N3O3S2. The number of aromatic nitrogens is 2. The van der Waals surface area contributed by atoms with Crippen LogP contribution in [0.1, 0.15) is 22.6 Å². The zero-order valence-corrected chi connectivity index (χ0v) is 16.7. The SMILES string of the molecule is Cc1ccc2nc(CN(Cc3cccs3)C3CCS(=O)(=O)C3)cc(=O)n2c1. The second-order valence-corrected chi connectivity index (χ2v) is 10.3. The van der Waals surface area contributed by atoms with Crippen molar-refractivity contribution in [3.8, 4) is 0 Å². The number of nitrogens with zero attached hydrogens (tertiary/aromatic N) is 3.